The first-order valence-corrected chi connectivity index (χ1v) is 8.29. The standard InChI is InChI=1S/C17H11ClIN3/c18-13-6-12-5-11(1-2-16(12)21-7-13)9-22-10-15(19)14-8-20-4-3-17(14)22/h1-8,10H,9H2. The van der Waals surface area contributed by atoms with Gasteiger partial charge < -0.3 is 4.57 Å². The molecule has 3 heterocycles. The molecule has 0 bridgehead atoms. The number of pyridine rings is 2. The van der Waals surface area contributed by atoms with Gasteiger partial charge in [-0.05, 0) is 52.4 Å². The molecule has 3 nitrogen and oxygen atoms in total. The molecule has 1 aromatic carbocycles. The molecule has 0 unspecified atom stereocenters. The lowest BCUT2D eigenvalue weighted by atomic mass is 10.1. The second-order valence-corrected chi connectivity index (χ2v) is 6.78. The molecule has 0 spiro atoms. The summed E-state index contributed by atoms with van der Waals surface area (Å²) in [5.74, 6) is 0. The second-order valence-electron chi connectivity index (χ2n) is 5.18. The van der Waals surface area contributed by atoms with E-state index in [0.29, 0.717) is 5.02 Å². The zero-order valence-electron chi connectivity index (χ0n) is 11.5. The van der Waals surface area contributed by atoms with Gasteiger partial charge in [-0.1, -0.05) is 17.7 Å². The maximum Gasteiger partial charge on any atom is 0.0703 e. The van der Waals surface area contributed by atoms with Gasteiger partial charge in [0, 0.05) is 45.7 Å². The number of hydrogen-bond donors (Lipinski definition) is 0. The molecule has 0 saturated heterocycles. The highest BCUT2D eigenvalue weighted by atomic mass is 127. The Bertz CT molecular complexity index is 994. The summed E-state index contributed by atoms with van der Waals surface area (Å²) in [5.41, 5.74) is 3.38. The topological polar surface area (TPSA) is 30.7 Å². The van der Waals surface area contributed by atoms with Crippen LogP contribution in [0, 0.1) is 3.57 Å². The molecule has 0 aliphatic carbocycles. The Labute approximate surface area is 146 Å². The summed E-state index contributed by atoms with van der Waals surface area (Å²) in [6.07, 6.45) is 7.59. The molecular formula is C17H11ClIN3. The Morgan fingerprint density at radius 2 is 2.05 bits per heavy atom. The highest BCUT2D eigenvalue weighted by molar-refractivity contribution is 14.1. The van der Waals surface area contributed by atoms with Gasteiger partial charge >= 0.3 is 0 Å². The molecule has 0 atom stereocenters. The first-order valence-electron chi connectivity index (χ1n) is 6.83. The average Bonchev–Trinajstić information content (AvgIpc) is 2.84. The first kappa shape index (κ1) is 14.0. The van der Waals surface area contributed by atoms with Crippen LogP contribution < -0.4 is 0 Å². The molecule has 3 aromatic heterocycles. The Hall–Kier alpha value is -1.66. The summed E-state index contributed by atoms with van der Waals surface area (Å²) in [6.45, 7) is 0.811. The number of hydrogen-bond acceptors (Lipinski definition) is 2. The fourth-order valence-electron chi connectivity index (χ4n) is 2.68. The van der Waals surface area contributed by atoms with E-state index in [9.17, 15) is 0 Å². The van der Waals surface area contributed by atoms with Crippen molar-refractivity contribution in [2.75, 3.05) is 0 Å². The number of fused-ring (bicyclic) bond motifs is 2. The van der Waals surface area contributed by atoms with Crippen LogP contribution in [0.3, 0.4) is 0 Å². The van der Waals surface area contributed by atoms with Crippen LogP contribution in [0.4, 0.5) is 0 Å². The van der Waals surface area contributed by atoms with Gasteiger partial charge in [0.05, 0.1) is 16.1 Å². The van der Waals surface area contributed by atoms with Crippen LogP contribution >= 0.6 is 34.2 Å². The van der Waals surface area contributed by atoms with Gasteiger partial charge in [-0.25, -0.2) is 0 Å². The maximum atomic E-state index is 6.04. The lowest BCUT2D eigenvalue weighted by Gasteiger charge is -2.07. The number of rotatable bonds is 2. The molecule has 0 amide bonds. The summed E-state index contributed by atoms with van der Waals surface area (Å²) in [7, 11) is 0. The third-order valence-corrected chi connectivity index (χ3v) is 4.77. The summed E-state index contributed by atoms with van der Waals surface area (Å²) in [4.78, 5) is 8.54. The minimum absolute atomic E-state index is 0.664. The molecule has 0 radical (unpaired) electrons. The van der Waals surface area contributed by atoms with E-state index in [-0.39, 0.29) is 0 Å². The van der Waals surface area contributed by atoms with Crippen LogP contribution in [-0.4, -0.2) is 14.5 Å². The van der Waals surface area contributed by atoms with E-state index >= 15 is 0 Å². The van der Waals surface area contributed by atoms with Crippen molar-refractivity contribution in [1.29, 1.82) is 0 Å². The molecular weight excluding hydrogens is 409 g/mol. The van der Waals surface area contributed by atoms with E-state index in [4.69, 9.17) is 11.6 Å². The largest absolute Gasteiger partial charge is 0.342 e. The van der Waals surface area contributed by atoms with Crippen molar-refractivity contribution in [3.8, 4) is 0 Å². The predicted octanol–water partition coefficient (Wildman–Crippen LogP) is 4.89. The maximum absolute atomic E-state index is 6.04. The minimum atomic E-state index is 0.664. The minimum Gasteiger partial charge on any atom is -0.342 e. The van der Waals surface area contributed by atoms with Crippen molar-refractivity contribution in [2.45, 2.75) is 6.54 Å². The van der Waals surface area contributed by atoms with Gasteiger partial charge in [0.2, 0.25) is 0 Å². The smallest absolute Gasteiger partial charge is 0.0703 e. The summed E-state index contributed by atoms with van der Waals surface area (Å²) >= 11 is 8.39. The lowest BCUT2D eigenvalue weighted by molar-refractivity contribution is 0.836. The lowest BCUT2D eigenvalue weighted by Crippen LogP contribution is -1.98. The highest BCUT2D eigenvalue weighted by Crippen LogP contribution is 2.24. The van der Waals surface area contributed by atoms with Crippen molar-refractivity contribution < 1.29 is 0 Å². The van der Waals surface area contributed by atoms with E-state index < -0.39 is 0 Å². The third kappa shape index (κ3) is 2.46. The molecule has 0 aliphatic heterocycles. The molecule has 108 valence electrons. The normalized spacial score (nSPS) is 11.4. The van der Waals surface area contributed by atoms with Crippen molar-refractivity contribution in [3.05, 3.63) is 69.3 Å². The molecule has 0 fully saturated rings. The second kappa shape index (κ2) is 5.52. The number of nitrogens with zero attached hydrogens (tertiary/aromatic N) is 3. The molecule has 0 saturated carbocycles. The molecule has 0 N–H and O–H groups in total. The monoisotopic (exact) mass is 419 g/mol. The van der Waals surface area contributed by atoms with E-state index in [1.807, 2.05) is 24.5 Å². The Morgan fingerprint density at radius 3 is 2.95 bits per heavy atom. The highest BCUT2D eigenvalue weighted by Gasteiger charge is 2.07. The summed E-state index contributed by atoms with van der Waals surface area (Å²) in [5, 5.41) is 2.92. The fourth-order valence-corrected chi connectivity index (χ4v) is 3.60. The van der Waals surface area contributed by atoms with E-state index in [1.54, 1.807) is 6.20 Å². The van der Waals surface area contributed by atoms with Crippen LogP contribution in [0.2, 0.25) is 5.02 Å². The van der Waals surface area contributed by atoms with Crippen LogP contribution in [0.25, 0.3) is 21.8 Å². The van der Waals surface area contributed by atoms with Gasteiger partial charge in [0.15, 0.2) is 0 Å². The Kier molecular flexibility index (Phi) is 3.50. The number of aromatic nitrogens is 3. The number of benzene rings is 1. The molecule has 0 aliphatic rings. The predicted molar refractivity (Wildman–Crippen MR) is 98.3 cm³/mol. The quantitative estimate of drug-likeness (QED) is 0.433. The van der Waals surface area contributed by atoms with Gasteiger partial charge in [-0.3, -0.25) is 9.97 Å². The van der Waals surface area contributed by atoms with Crippen LogP contribution in [-0.2, 0) is 6.54 Å². The molecule has 22 heavy (non-hydrogen) atoms. The Balaban J connectivity index is 1.79. The van der Waals surface area contributed by atoms with E-state index in [0.717, 1.165) is 17.4 Å². The zero-order valence-corrected chi connectivity index (χ0v) is 14.4. The van der Waals surface area contributed by atoms with Gasteiger partial charge in [-0.15, -0.1) is 0 Å². The van der Waals surface area contributed by atoms with Crippen molar-refractivity contribution in [2.24, 2.45) is 0 Å². The molecule has 4 aromatic rings. The third-order valence-electron chi connectivity index (χ3n) is 3.70. The summed E-state index contributed by atoms with van der Waals surface area (Å²) in [6, 6.07) is 10.3. The first-order chi connectivity index (χ1) is 10.7. The van der Waals surface area contributed by atoms with Crippen molar-refractivity contribution >= 4 is 56.0 Å². The zero-order chi connectivity index (χ0) is 15.1. The van der Waals surface area contributed by atoms with Gasteiger partial charge in [0.25, 0.3) is 0 Å². The summed E-state index contributed by atoms with van der Waals surface area (Å²) < 4.78 is 3.46. The van der Waals surface area contributed by atoms with Gasteiger partial charge in [-0.2, -0.15) is 0 Å². The average molecular weight is 420 g/mol. The van der Waals surface area contributed by atoms with Crippen molar-refractivity contribution in [1.82, 2.24) is 14.5 Å². The van der Waals surface area contributed by atoms with Crippen LogP contribution in [0.1, 0.15) is 5.56 Å². The van der Waals surface area contributed by atoms with E-state index in [2.05, 4.69) is 61.5 Å². The van der Waals surface area contributed by atoms with Crippen LogP contribution in [0.5, 0.6) is 0 Å². The van der Waals surface area contributed by atoms with Gasteiger partial charge in [0.1, 0.15) is 0 Å². The van der Waals surface area contributed by atoms with E-state index in [1.165, 1.54) is 20.0 Å². The van der Waals surface area contributed by atoms with Crippen LogP contribution in [0.15, 0.2) is 55.1 Å². The number of halogens is 2. The molecule has 5 heteroatoms. The SMILES string of the molecule is Clc1cnc2ccc(Cn3cc(I)c4cnccc43)cc2c1. The van der Waals surface area contributed by atoms with Crippen molar-refractivity contribution in [3.63, 3.8) is 0 Å². The molecule has 4 rings (SSSR count). The Morgan fingerprint density at radius 1 is 1.14 bits per heavy atom. The fraction of sp³-hybridized carbons (Fsp3) is 0.0588.